The second-order valence-corrected chi connectivity index (χ2v) is 4.63. The van der Waals surface area contributed by atoms with E-state index in [0.717, 1.165) is 12.1 Å². The number of hydrogen-bond acceptors (Lipinski definition) is 3. The molecule has 0 bridgehead atoms. The Hall–Kier alpha value is -0.970. The van der Waals surface area contributed by atoms with Crippen molar-refractivity contribution in [2.24, 2.45) is 0 Å². The zero-order chi connectivity index (χ0) is 11.8. The van der Waals surface area contributed by atoms with Gasteiger partial charge in [-0.05, 0) is 25.7 Å². The fourth-order valence-electron chi connectivity index (χ4n) is 1.04. The van der Waals surface area contributed by atoms with Gasteiger partial charge in [-0.1, -0.05) is 30.3 Å². The molecule has 0 spiro atoms. The Kier molecular flexibility index (Phi) is 6.00. The topological polar surface area (TPSA) is 29.5 Å². The van der Waals surface area contributed by atoms with Crippen LogP contribution in [0.25, 0.3) is 6.08 Å². The standard InChI is InChI=1S/C12H17NO2S/c1-13(2)9-10-15-16(14)11-8-12-6-4-3-5-7-12/h3-8,11H,9-10H2,1-2H3. The molecule has 4 heteroatoms. The highest BCUT2D eigenvalue weighted by Crippen LogP contribution is 2.02. The Morgan fingerprint density at radius 1 is 1.31 bits per heavy atom. The van der Waals surface area contributed by atoms with E-state index in [1.54, 1.807) is 11.5 Å². The van der Waals surface area contributed by atoms with Crippen LogP contribution in [-0.4, -0.2) is 36.4 Å². The molecule has 0 saturated heterocycles. The van der Waals surface area contributed by atoms with Gasteiger partial charge in [-0.15, -0.1) is 0 Å². The molecule has 0 aromatic heterocycles. The molecule has 0 aliphatic carbocycles. The van der Waals surface area contributed by atoms with Crippen LogP contribution >= 0.6 is 0 Å². The van der Waals surface area contributed by atoms with E-state index in [-0.39, 0.29) is 0 Å². The molecule has 0 aliphatic rings. The molecule has 1 rings (SSSR count). The van der Waals surface area contributed by atoms with Crippen molar-refractivity contribution < 1.29 is 8.39 Å². The molecular formula is C12H17NO2S. The molecule has 1 unspecified atom stereocenters. The van der Waals surface area contributed by atoms with Gasteiger partial charge in [0, 0.05) is 12.0 Å². The van der Waals surface area contributed by atoms with Crippen molar-refractivity contribution in [1.82, 2.24) is 4.90 Å². The van der Waals surface area contributed by atoms with Gasteiger partial charge in [0.1, 0.15) is 0 Å². The lowest BCUT2D eigenvalue weighted by molar-refractivity contribution is 0.283. The molecule has 0 heterocycles. The predicted octanol–water partition coefficient (Wildman–Crippen LogP) is 1.90. The number of likely N-dealkylation sites (N-methyl/N-ethyl adjacent to an activating group) is 1. The Labute approximate surface area is 99.4 Å². The van der Waals surface area contributed by atoms with Crippen molar-refractivity contribution in [1.29, 1.82) is 0 Å². The fraction of sp³-hybridized carbons (Fsp3) is 0.333. The van der Waals surface area contributed by atoms with Gasteiger partial charge in [-0.25, -0.2) is 4.21 Å². The molecule has 0 aliphatic heterocycles. The lowest BCUT2D eigenvalue weighted by Gasteiger charge is -2.07. The molecule has 88 valence electrons. The van der Waals surface area contributed by atoms with E-state index in [1.807, 2.05) is 49.3 Å². The minimum Gasteiger partial charge on any atom is -0.307 e. The van der Waals surface area contributed by atoms with E-state index in [1.165, 1.54) is 0 Å². The van der Waals surface area contributed by atoms with Crippen molar-refractivity contribution in [2.75, 3.05) is 27.2 Å². The van der Waals surface area contributed by atoms with Crippen LogP contribution < -0.4 is 0 Å². The summed E-state index contributed by atoms with van der Waals surface area (Å²) >= 11 is -1.34. The maximum absolute atomic E-state index is 11.4. The average molecular weight is 239 g/mol. The smallest absolute Gasteiger partial charge is 0.181 e. The molecule has 0 saturated carbocycles. The quantitative estimate of drug-likeness (QED) is 0.759. The maximum atomic E-state index is 11.4. The monoisotopic (exact) mass is 239 g/mol. The van der Waals surface area contributed by atoms with Gasteiger partial charge in [0.15, 0.2) is 11.1 Å². The first kappa shape index (κ1) is 13.1. The largest absolute Gasteiger partial charge is 0.307 e. The van der Waals surface area contributed by atoms with Gasteiger partial charge in [-0.3, -0.25) is 4.18 Å². The van der Waals surface area contributed by atoms with Crippen LogP contribution in [-0.2, 0) is 15.3 Å². The van der Waals surface area contributed by atoms with E-state index in [0.29, 0.717) is 6.61 Å². The summed E-state index contributed by atoms with van der Waals surface area (Å²) in [6.45, 7) is 1.24. The molecule has 1 aromatic carbocycles. The summed E-state index contributed by atoms with van der Waals surface area (Å²) in [5.41, 5.74) is 1.02. The van der Waals surface area contributed by atoms with Crippen LogP contribution in [0.4, 0.5) is 0 Å². The predicted molar refractivity (Wildman–Crippen MR) is 68.1 cm³/mol. The highest BCUT2D eigenvalue weighted by Gasteiger charge is 1.95. The number of hydrogen-bond donors (Lipinski definition) is 0. The molecule has 1 aromatic rings. The van der Waals surface area contributed by atoms with Gasteiger partial charge in [-0.2, -0.15) is 0 Å². The van der Waals surface area contributed by atoms with Crippen LogP contribution in [0.1, 0.15) is 5.56 Å². The van der Waals surface area contributed by atoms with Gasteiger partial charge in [0.2, 0.25) is 0 Å². The van der Waals surface area contributed by atoms with Crippen molar-refractivity contribution in [2.45, 2.75) is 0 Å². The molecular weight excluding hydrogens is 222 g/mol. The molecule has 0 amide bonds. The number of benzene rings is 1. The third-order valence-electron chi connectivity index (χ3n) is 1.91. The van der Waals surface area contributed by atoms with E-state index in [9.17, 15) is 4.21 Å². The van der Waals surface area contributed by atoms with Crippen LogP contribution in [0.5, 0.6) is 0 Å². The summed E-state index contributed by atoms with van der Waals surface area (Å²) in [5.74, 6) is 0. The van der Waals surface area contributed by atoms with Crippen molar-refractivity contribution in [3.63, 3.8) is 0 Å². The van der Waals surface area contributed by atoms with Crippen molar-refractivity contribution >= 4 is 17.2 Å². The number of rotatable bonds is 6. The van der Waals surface area contributed by atoms with Crippen molar-refractivity contribution in [3.05, 3.63) is 41.3 Å². The molecule has 0 radical (unpaired) electrons. The average Bonchev–Trinajstić information content (AvgIpc) is 2.27. The van der Waals surface area contributed by atoms with E-state index in [2.05, 4.69) is 0 Å². The van der Waals surface area contributed by atoms with Gasteiger partial charge in [0.25, 0.3) is 0 Å². The summed E-state index contributed by atoms with van der Waals surface area (Å²) < 4.78 is 16.5. The zero-order valence-electron chi connectivity index (χ0n) is 9.63. The maximum Gasteiger partial charge on any atom is 0.181 e. The normalized spacial score (nSPS) is 13.4. The van der Waals surface area contributed by atoms with Crippen LogP contribution in [0.15, 0.2) is 35.7 Å². The zero-order valence-corrected chi connectivity index (χ0v) is 10.4. The van der Waals surface area contributed by atoms with Crippen LogP contribution in [0.2, 0.25) is 0 Å². The van der Waals surface area contributed by atoms with Crippen molar-refractivity contribution in [3.8, 4) is 0 Å². The minimum atomic E-state index is -1.34. The minimum absolute atomic E-state index is 0.471. The first-order chi connectivity index (χ1) is 7.68. The van der Waals surface area contributed by atoms with Crippen LogP contribution in [0.3, 0.4) is 0 Å². The summed E-state index contributed by atoms with van der Waals surface area (Å²) in [7, 11) is 3.90. The lowest BCUT2D eigenvalue weighted by Crippen LogP contribution is -2.18. The Morgan fingerprint density at radius 3 is 2.62 bits per heavy atom. The summed E-state index contributed by atoms with van der Waals surface area (Å²) in [4.78, 5) is 1.98. The molecule has 0 fully saturated rings. The third kappa shape index (κ3) is 5.80. The molecule has 0 N–H and O–H groups in total. The summed E-state index contributed by atoms with van der Waals surface area (Å²) in [5, 5.41) is 1.56. The van der Waals surface area contributed by atoms with Gasteiger partial charge in [0.05, 0.1) is 6.61 Å². The summed E-state index contributed by atoms with van der Waals surface area (Å²) in [6, 6.07) is 9.73. The Balaban J connectivity index is 2.32. The molecule has 16 heavy (non-hydrogen) atoms. The second kappa shape index (κ2) is 7.33. The third-order valence-corrected chi connectivity index (χ3v) is 2.67. The first-order valence-electron chi connectivity index (χ1n) is 5.10. The summed E-state index contributed by atoms with van der Waals surface area (Å²) in [6.07, 6.45) is 1.80. The number of nitrogens with zero attached hydrogens (tertiary/aromatic N) is 1. The van der Waals surface area contributed by atoms with E-state index in [4.69, 9.17) is 4.18 Å². The fourth-order valence-corrected chi connectivity index (χ4v) is 1.63. The molecule has 1 atom stereocenters. The second-order valence-electron chi connectivity index (χ2n) is 3.60. The van der Waals surface area contributed by atoms with E-state index < -0.39 is 11.1 Å². The molecule has 3 nitrogen and oxygen atoms in total. The lowest BCUT2D eigenvalue weighted by atomic mass is 10.2. The Bertz CT molecular complexity index is 349. The van der Waals surface area contributed by atoms with Gasteiger partial charge < -0.3 is 4.90 Å². The highest BCUT2D eigenvalue weighted by molar-refractivity contribution is 7.83. The Morgan fingerprint density at radius 2 is 2.00 bits per heavy atom. The highest BCUT2D eigenvalue weighted by atomic mass is 32.2. The van der Waals surface area contributed by atoms with Crippen LogP contribution in [0, 0.1) is 0 Å². The SMILES string of the molecule is CN(C)CCOS(=O)C=Cc1ccccc1. The van der Waals surface area contributed by atoms with E-state index >= 15 is 0 Å². The van der Waals surface area contributed by atoms with Gasteiger partial charge >= 0.3 is 0 Å². The first-order valence-corrected chi connectivity index (χ1v) is 6.24.